The zero-order valence-electron chi connectivity index (χ0n) is 11.6. The monoisotopic (exact) mass is 283 g/mol. The van der Waals surface area contributed by atoms with Gasteiger partial charge in [-0.2, -0.15) is 0 Å². The van der Waals surface area contributed by atoms with E-state index in [1.165, 1.54) is 0 Å². The van der Waals surface area contributed by atoms with Crippen LogP contribution in [-0.4, -0.2) is 34.9 Å². The highest BCUT2D eigenvalue weighted by Crippen LogP contribution is 2.22. The third-order valence-corrected chi connectivity index (χ3v) is 3.48. The number of likely N-dealkylation sites (tertiary alicyclic amines) is 1. The van der Waals surface area contributed by atoms with Crippen molar-refractivity contribution in [3.8, 4) is 11.5 Å². The second kappa shape index (κ2) is 5.93. The number of benzene rings is 1. The van der Waals surface area contributed by atoms with Gasteiger partial charge in [-0.1, -0.05) is 6.07 Å². The molecule has 0 spiro atoms. The number of rotatable bonds is 3. The van der Waals surface area contributed by atoms with Gasteiger partial charge in [0.15, 0.2) is 0 Å². The molecule has 1 aromatic heterocycles. The van der Waals surface area contributed by atoms with E-state index in [9.17, 15) is 4.79 Å². The van der Waals surface area contributed by atoms with Crippen molar-refractivity contribution in [1.82, 2.24) is 9.88 Å². The van der Waals surface area contributed by atoms with Crippen molar-refractivity contribution in [3.05, 3.63) is 54.4 Å². The zero-order valence-corrected chi connectivity index (χ0v) is 11.6. The van der Waals surface area contributed by atoms with E-state index in [0.717, 1.165) is 13.0 Å². The lowest BCUT2D eigenvalue weighted by Gasteiger charge is -2.16. The van der Waals surface area contributed by atoms with Gasteiger partial charge in [-0.15, -0.1) is 0 Å². The molecule has 0 bridgehead atoms. The van der Waals surface area contributed by atoms with E-state index >= 15 is 0 Å². The van der Waals surface area contributed by atoms with Gasteiger partial charge in [-0.25, -0.2) is 0 Å². The molecule has 1 aliphatic heterocycles. The number of ether oxygens (including phenoxy) is 1. The third kappa shape index (κ3) is 3.20. The van der Waals surface area contributed by atoms with Crippen LogP contribution in [-0.2, 0) is 0 Å². The van der Waals surface area contributed by atoms with Crippen molar-refractivity contribution >= 4 is 5.91 Å². The second-order valence-corrected chi connectivity index (χ2v) is 5.11. The van der Waals surface area contributed by atoms with E-state index in [1.54, 1.807) is 41.6 Å². The molecular weight excluding hydrogens is 266 g/mol. The molecule has 5 nitrogen and oxygen atoms in total. The van der Waals surface area contributed by atoms with Gasteiger partial charge in [-0.3, -0.25) is 9.78 Å². The van der Waals surface area contributed by atoms with E-state index in [4.69, 9.17) is 10.5 Å². The molecule has 1 aliphatic rings. The fourth-order valence-electron chi connectivity index (χ4n) is 2.39. The lowest BCUT2D eigenvalue weighted by molar-refractivity contribution is 0.0790. The summed E-state index contributed by atoms with van der Waals surface area (Å²) < 4.78 is 5.72. The number of aromatic nitrogens is 1. The summed E-state index contributed by atoms with van der Waals surface area (Å²) in [5.74, 6) is 1.33. The molecule has 1 saturated heterocycles. The SMILES string of the molecule is N[C@@H]1CCN(C(=O)c2cccc(Oc3ccncc3)c2)C1. The van der Waals surface area contributed by atoms with Crippen LogP contribution in [0.25, 0.3) is 0 Å². The highest BCUT2D eigenvalue weighted by Gasteiger charge is 2.24. The van der Waals surface area contributed by atoms with E-state index in [0.29, 0.717) is 23.6 Å². The van der Waals surface area contributed by atoms with Gasteiger partial charge >= 0.3 is 0 Å². The van der Waals surface area contributed by atoms with Gasteiger partial charge in [0.2, 0.25) is 0 Å². The van der Waals surface area contributed by atoms with Gasteiger partial charge in [-0.05, 0) is 36.8 Å². The molecule has 0 unspecified atom stereocenters. The summed E-state index contributed by atoms with van der Waals surface area (Å²) >= 11 is 0. The quantitative estimate of drug-likeness (QED) is 0.936. The van der Waals surface area contributed by atoms with Crippen LogP contribution in [0.3, 0.4) is 0 Å². The Bertz CT molecular complexity index is 630. The number of nitrogens with two attached hydrogens (primary N) is 1. The van der Waals surface area contributed by atoms with Crippen molar-refractivity contribution in [1.29, 1.82) is 0 Å². The van der Waals surface area contributed by atoms with Crippen LogP contribution in [0.1, 0.15) is 16.8 Å². The van der Waals surface area contributed by atoms with Gasteiger partial charge < -0.3 is 15.4 Å². The Kier molecular flexibility index (Phi) is 3.83. The predicted molar refractivity (Wildman–Crippen MR) is 79.2 cm³/mol. The Hall–Kier alpha value is -2.40. The van der Waals surface area contributed by atoms with E-state index in [1.807, 2.05) is 12.1 Å². The first-order valence-electron chi connectivity index (χ1n) is 6.95. The molecule has 5 heteroatoms. The molecule has 0 saturated carbocycles. The number of nitrogens with zero attached hydrogens (tertiary/aromatic N) is 2. The van der Waals surface area contributed by atoms with Gasteiger partial charge in [0.1, 0.15) is 11.5 Å². The molecule has 1 aromatic carbocycles. The second-order valence-electron chi connectivity index (χ2n) is 5.11. The van der Waals surface area contributed by atoms with E-state index < -0.39 is 0 Å². The highest BCUT2D eigenvalue weighted by atomic mass is 16.5. The number of amides is 1. The van der Waals surface area contributed by atoms with Crippen LogP contribution in [0.2, 0.25) is 0 Å². The minimum absolute atomic E-state index is 0.00290. The van der Waals surface area contributed by atoms with Crippen molar-refractivity contribution in [2.45, 2.75) is 12.5 Å². The Labute approximate surface area is 123 Å². The number of pyridine rings is 1. The predicted octanol–water partition coefficient (Wildman–Crippen LogP) is 2.05. The summed E-state index contributed by atoms with van der Waals surface area (Å²) in [6, 6.07) is 10.8. The minimum atomic E-state index is 0.00290. The maximum Gasteiger partial charge on any atom is 0.254 e. The molecule has 0 radical (unpaired) electrons. The van der Waals surface area contributed by atoms with E-state index in [2.05, 4.69) is 4.98 Å². The Morgan fingerprint density at radius 3 is 2.76 bits per heavy atom. The van der Waals surface area contributed by atoms with Crippen LogP contribution in [0.4, 0.5) is 0 Å². The normalized spacial score (nSPS) is 17.8. The first kappa shape index (κ1) is 13.6. The molecule has 2 N–H and O–H groups in total. The number of hydrogen-bond acceptors (Lipinski definition) is 4. The molecule has 3 rings (SSSR count). The van der Waals surface area contributed by atoms with Crippen molar-refractivity contribution in [2.24, 2.45) is 5.73 Å². The van der Waals surface area contributed by atoms with Gasteiger partial charge in [0, 0.05) is 37.1 Å². The Morgan fingerprint density at radius 2 is 2.05 bits per heavy atom. The van der Waals surface area contributed by atoms with Crippen LogP contribution in [0.15, 0.2) is 48.8 Å². The summed E-state index contributed by atoms with van der Waals surface area (Å²) in [6.45, 7) is 1.34. The first-order chi connectivity index (χ1) is 10.2. The summed E-state index contributed by atoms with van der Waals surface area (Å²) in [7, 11) is 0. The summed E-state index contributed by atoms with van der Waals surface area (Å²) in [5, 5.41) is 0. The number of carbonyl (C=O) groups excluding carboxylic acids is 1. The molecule has 1 amide bonds. The molecule has 2 heterocycles. The Morgan fingerprint density at radius 1 is 1.24 bits per heavy atom. The lowest BCUT2D eigenvalue weighted by atomic mass is 10.2. The summed E-state index contributed by atoms with van der Waals surface area (Å²) in [5.41, 5.74) is 6.47. The van der Waals surface area contributed by atoms with E-state index in [-0.39, 0.29) is 11.9 Å². The third-order valence-electron chi connectivity index (χ3n) is 3.48. The largest absolute Gasteiger partial charge is 0.457 e. The smallest absolute Gasteiger partial charge is 0.254 e. The van der Waals surface area contributed by atoms with Crippen LogP contribution in [0, 0.1) is 0 Å². The van der Waals surface area contributed by atoms with Crippen LogP contribution >= 0.6 is 0 Å². The molecule has 21 heavy (non-hydrogen) atoms. The highest BCUT2D eigenvalue weighted by molar-refractivity contribution is 5.94. The van der Waals surface area contributed by atoms with Gasteiger partial charge in [0.25, 0.3) is 5.91 Å². The Balaban J connectivity index is 1.75. The van der Waals surface area contributed by atoms with Crippen molar-refractivity contribution in [3.63, 3.8) is 0 Å². The maximum absolute atomic E-state index is 12.4. The molecule has 1 fully saturated rings. The molecular formula is C16H17N3O2. The number of carbonyl (C=O) groups is 1. The average Bonchev–Trinajstić information content (AvgIpc) is 2.94. The lowest BCUT2D eigenvalue weighted by Crippen LogP contribution is -2.31. The standard InChI is InChI=1S/C16H17N3O2/c17-13-6-9-19(11-13)16(20)12-2-1-3-15(10-12)21-14-4-7-18-8-5-14/h1-5,7-8,10,13H,6,9,11,17H2/t13-/m1/s1. The fourth-order valence-corrected chi connectivity index (χ4v) is 2.39. The fraction of sp³-hybridized carbons (Fsp3) is 0.250. The first-order valence-corrected chi connectivity index (χ1v) is 6.95. The minimum Gasteiger partial charge on any atom is -0.457 e. The molecule has 1 atom stereocenters. The summed E-state index contributed by atoms with van der Waals surface area (Å²) in [4.78, 5) is 18.1. The summed E-state index contributed by atoms with van der Waals surface area (Å²) in [6.07, 6.45) is 4.19. The van der Waals surface area contributed by atoms with Gasteiger partial charge in [0.05, 0.1) is 0 Å². The maximum atomic E-state index is 12.4. The average molecular weight is 283 g/mol. The molecule has 0 aliphatic carbocycles. The van der Waals surface area contributed by atoms with Crippen LogP contribution < -0.4 is 10.5 Å². The molecule has 108 valence electrons. The number of hydrogen-bond donors (Lipinski definition) is 1. The van der Waals surface area contributed by atoms with Crippen molar-refractivity contribution < 1.29 is 9.53 Å². The van der Waals surface area contributed by atoms with Crippen molar-refractivity contribution in [2.75, 3.05) is 13.1 Å². The molecule has 2 aromatic rings. The topological polar surface area (TPSA) is 68.5 Å². The van der Waals surface area contributed by atoms with Crippen LogP contribution in [0.5, 0.6) is 11.5 Å². The zero-order chi connectivity index (χ0) is 14.7.